The van der Waals surface area contributed by atoms with Gasteiger partial charge in [-0.25, -0.2) is 9.69 Å². The molecule has 1 aliphatic rings. The number of ether oxygens (including phenoxy) is 1. The molecule has 0 atom stereocenters. The molecule has 4 heteroatoms. The van der Waals surface area contributed by atoms with Gasteiger partial charge in [-0.2, -0.15) is 0 Å². The van der Waals surface area contributed by atoms with E-state index >= 15 is 0 Å². The molecule has 1 fully saturated rings. The van der Waals surface area contributed by atoms with Crippen molar-refractivity contribution >= 4 is 6.09 Å². The minimum atomic E-state index is -0.488. The van der Waals surface area contributed by atoms with Crippen molar-refractivity contribution in [2.75, 3.05) is 6.61 Å². The van der Waals surface area contributed by atoms with E-state index < -0.39 is 11.6 Å². The van der Waals surface area contributed by atoms with Crippen LogP contribution in [0.2, 0.25) is 0 Å². The Bertz CT molecular complexity index is 299. The maximum absolute atomic E-state index is 11.4. The molecule has 0 aliphatic carbocycles. The molecule has 0 unspecified atom stereocenters. The van der Waals surface area contributed by atoms with Gasteiger partial charge in [0.05, 0.1) is 5.54 Å². The van der Waals surface area contributed by atoms with Gasteiger partial charge in [0, 0.05) is 0 Å². The van der Waals surface area contributed by atoms with Gasteiger partial charge in [0.15, 0.2) is 5.88 Å². The lowest BCUT2D eigenvalue weighted by molar-refractivity contribution is 0.139. The van der Waals surface area contributed by atoms with Gasteiger partial charge in [-0.15, -0.1) is 0 Å². The van der Waals surface area contributed by atoms with Crippen molar-refractivity contribution in [2.45, 2.75) is 40.2 Å². The van der Waals surface area contributed by atoms with Crippen LogP contribution in [0.1, 0.15) is 34.6 Å². The first kappa shape index (κ1) is 11.9. The van der Waals surface area contributed by atoms with Crippen LogP contribution >= 0.6 is 0 Å². The van der Waals surface area contributed by atoms with Crippen LogP contribution in [0.3, 0.4) is 0 Å². The van der Waals surface area contributed by atoms with Crippen molar-refractivity contribution < 1.29 is 14.6 Å². The van der Waals surface area contributed by atoms with Crippen molar-refractivity contribution in [3.63, 3.8) is 0 Å². The number of rotatable bonds is 1. The van der Waals surface area contributed by atoms with Gasteiger partial charge in [0.2, 0.25) is 0 Å². The molecule has 0 bridgehead atoms. The zero-order chi connectivity index (χ0) is 11.9. The summed E-state index contributed by atoms with van der Waals surface area (Å²) in [5.74, 6) is -0.0324. The molecule has 1 heterocycles. The molecule has 1 saturated heterocycles. The predicted octanol–water partition coefficient (Wildman–Crippen LogP) is 2.66. The third kappa shape index (κ3) is 2.64. The Morgan fingerprint density at radius 1 is 1.53 bits per heavy atom. The van der Waals surface area contributed by atoms with E-state index in [1.807, 2.05) is 34.6 Å². The Hall–Kier alpha value is -1.19. The number of aliphatic hydroxyl groups is 1. The molecule has 0 radical (unpaired) electrons. The minimum Gasteiger partial charge on any atom is -0.494 e. The second-order valence-corrected chi connectivity index (χ2v) is 5.57. The Balaban J connectivity index is 2.97. The smallest absolute Gasteiger partial charge is 0.417 e. The largest absolute Gasteiger partial charge is 0.494 e. The molecule has 0 aromatic rings. The van der Waals surface area contributed by atoms with Crippen LogP contribution in [-0.2, 0) is 4.74 Å². The van der Waals surface area contributed by atoms with Crippen LogP contribution in [0.4, 0.5) is 4.79 Å². The van der Waals surface area contributed by atoms with Crippen molar-refractivity contribution in [1.29, 1.82) is 0 Å². The second kappa shape index (κ2) is 3.43. The Kier molecular flexibility index (Phi) is 2.72. The zero-order valence-electron chi connectivity index (χ0n) is 10.00. The summed E-state index contributed by atoms with van der Waals surface area (Å²) in [6.07, 6.45) is 1.17. The molecule has 15 heavy (non-hydrogen) atoms. The van der Waals surface area contributed by atoms with E-state index in [9.17, 15) is 9.90 Å². The molecular formula is C11H19NO3. The summed E-state index contributed by atoms with van der Waals surface area (Å²) in [7, 11) is 0. The maximum Gasteiger partial charge on any atom is 0.417 e. The van der Waals surface area contributed by atoms with Gasteiger partial charge in [0.25, 0.3) is 0 Å². The lowest BCUT2D eigenvalue weighted by Gasteiger charge is -2.28. The Labute approximate surface area is 90.5 Å². The van der Waals surface area contributed by atoms with Crippen LogP contribution in [-0.4, -0.2) is 28.2 Å². The molecule has 1 aliphatic heterocycles. The summed E-state index contributed by atoms with van der Waals surface area (Å²) >= 11 is 0. The molecule has 1 rings (SSSR count). The third-order valence-corrected chi connectivity index (χ3v) is 2.13. The van der Waals surface area contributed by atoms with E-state index in [2.05, 4.69) is 0 Å². The average molecular weight is 213 g/mol. The van der Waals surface area contributed by atoms with Crippen LogP contribution in [0.15, 0.2) is 12.0 Å². The average Bonchev–Trinajstić information content (AvgIpc) is 2.21. The molecular weight excluding hydrogens is 194 g/mol. The lowest BCUT2D eigenvalue weighted by Crippen LogP contribution is -2.41. The maximum atomic E-state index is 11.4. The number of nitrogens with zero attached hydrogens (tertiary/aromatic N) is 1. The number of hydrogen-bond acceptors (Lipinski definition) is 3. The number of carbonyl (C=O) groups is 1. The molecule has 4 nitrogen and oxygen atoms in total. The summed E-state index contributed by atoms with van der Waals surface area (Å²) in [6, 6.07) is 0. The highest BCUT2D eigenvalue weighted by molar-refractivity contribution is 5.72. The normalized spacial score (nSPS) is 21.8. The third-order valence-electron chi connectivity index (χ3n) is 2.13. The summed E-state index contributed by atoms with van der Waals surface area (Å²) < 4.78 is 4.90. The summed E-state index contributed by atoms with van der Waals surface area (Å²) in [6.45, 7) is 9.87. The minimum absolute atomic E-state index is 0.0324. The van der Waals surface area contributed by atoms with E-state index in [1.54, 1.807) is 6.08 Å². The molecule has 1 N–H and O–H groups in total. The Morgan fingerprint density at radius 3 is 2.40 bits per heavy atom. The first-order valence-corrected chi connectivity index (χ1v) is 5.02. The monoisotopic (exact) mass is 213 g/mol. The highest BCUT2D eigenvalue weighted by Crippen LogP contribution is 2.29. The van der Waals surface area contributed by atoms with Gasteiger partial charge in [-0.05, 0) is 25.3 Å². The molecule has 1 amide bonds. The number of hydrogen-bond donors (Lipinski definition) is 1. The van der Waals surface area contributed by atoms with Crippen LogP contribution < -0.4 is 0 Å². The van der Waals surface area contributed by atoms with Gasteiger partial charge in [0.1, 0.15) is 6.61 Å². The fourth-order valence-corrected chi connectivity index (χ4v) is 1.47. The van der Waals surface area contributed by atoms with Crippen LogP contribution in [0.25, 0.3) is 0 Å². The summed E-state index contributed by atoms with van der Waals surface area (Å²) in [4.78, 5) is 12.7. The number of cyclic esters (lactones) is 1. The van der Waals surface area contributed by atoms with Gasteiger partial charge in [-0.1, -0.05) is 20.8 Å². The summed E-state index contributed by atoms with van der Waals surface area (Å²) in [5, 5.41) is 9.88. The van der Waals surface area contributed by atoms with Crippen LogP contribution in [0.5, 0.6) is 0 Å². The number of allylic oxidation sites excluding steroid dienone is 1. The van der Waals surface area contributed by atoms with Crippen LogP contribution in [0, 0.1) is 5.41 Å². The fourth-order valence-electron chi connectivity index (χ4n) is 1.47. The van der Waals surface area contributed by atoms with Crippen molar-refractivity contribution in [1.82, 2.24) is 4.90 Å². The van der Waals surface area contributed by atoms with E-state index in [4.69, 9.17) is 4.74 Å². The number of aliphatic hydroxyl groups excluding tert-OH is 1. The quantitative estimate of drug-likeness (QED) is 0.681. The lowest BCUT2D eigenvalue weighted by atomic mass is 9.96. The van der Waals surface area contributed by atoms with Gasteiger partial charge >= 0.3 is 6.09 Å². The van der Waals surface area contributed by atoms with Gasteiger partial charge in [-0.3, -0.25) is 0 Å². The molecule has 86 valence electrons. The van der Waals surface area contributed by atoms with Crippen molar-refractivity contribution in [3.05, 3.63) is 12.0 Å². The van der Waals surface area contributed by atoms with E-state index in [0.29, 0.717) is 6.61 Å². The first-order valence-electron chi connectivity index (χ1n) is 5.02. The zero-order valence-corrected chi connectivity index (χ0v) is 10.00. The number of amides is 1. The van der Waals surface area contributed by atoms with E-state index in [0.717, 1.165) is 0 Å². The molecule has 0 aromatic carbocycles. The van der Waals surface area contributed by atoms with Crippen molar-refractivity contribution in [2.24, 2.45) is 5.41 Å². The Morgan fingerprint density at radius 2 is 2.07 bits per heavy atom. The highest BCUT2D eigenvalue weighted by Gasteiger charge is 2.42. The molecule has 0 aromatic heterocycles. The summed E-state index contributed by atoms with van der Waals surface area (Å²) in [5.41, 5.74) is -0.661. The SMILES string of the molecule is CC(C)(C)/C=C(\O)N1C(=O)OCC1(C)C. The van der Waals surface area contributed by atoms with E-state index in [-0.39, 0.29) is 11.3 Å². The fraction of sp³-hybridized carbons (Fsp3) is 0.727. The van der Waals surface area contributed by atoms with E-state index in [1.165, 1.54) is 4.90 Å². The number of carbonyl (C=O) groups excluding carboxylic acids is 1. The standard InChI is InChI=1S/C11H19NO3/c1-10(2,3)6-8(13)12-9(14)15-7-11(12,4)5/h6,13H,7H2,1-5H3/b8-6-. The first-order chi connectivity index (χ1) is 6.63. The van der Waals surface area contributed by atoms with Crippen molar-refractivity contribution in [3.8, 4) is 0 Å². The van der Waals surface area contributed by atoms with Gasteiger partial charge < -0.3 is 9.84 Å². The highest BCUT2D eigenvalue weighted by atomic mass is 16.6. The molecule has 0 saturated carbocycles. The topological polar surface area (TPSA) is 49.8 Å². The molecule has 0 spiro atoms. The second-order valence-electron chi connectivity index (χ2n) is 5.57. The predicted molar refractivity (Wildman–Crippen MR) is 57.4 cm³/mol.